The summed E-state index contributed by atoms with van der Waals surface area (Å²) in [6.07, 6.45) is 0.774. The molecule has 0 fully saturated rings. The van der Waals surface area contributed by atoms with Crippen LogP contribution in [0.2, 0.25) is 10.0 Å². The normalized spacial score (nSPS) is 17.6. The lowest BCUT2D eigenvalue weighted by atomic mass is 10.1. The van der Waals surface area contributed by atoms with Crippen LogP contribution in [0.3, 0.4) is 0 Å². The highest BCUT2D eigenvalue weighted by atomic mass is 35.5. The molecule has 162 valence electrons. The third kappa shape index (κ3) is 4.10. The fourth-order valence-electron chi connectivity index (χ4n) is 4.25. The van der Waals surface area contributed by atoms with E-state index in [1.807, 2.05) is 32.9 Å². The SMILES string of the molecule is CCO[C@H]1Cc2ccccc2C1Nc1c(C)nc(-c2ccc(Cl)cc2Cl)n(CC)c1=O. The van der Waals surface area contributed by atoms with Gasteiger partial charge in [0.1, 0.15) is 11.5 Å². The Morgan fingerprint density at radius 2 is 1.97 bits per heavy atom. The second-order valence-corrected chi connectivity index (χ2v) is 8.43. The molecule has 0 saturated heterocycles. The summed E-state index contributed by atoms with van der Waals surface area (Å²) in [4.78, 5) is 18.3. The van der Waals surface area contributed by atoms with Crippen molar-refractivity contribution in [2.75, 3.05) is 11.9 Å². The zero-order valence-corrected chi connectivity index (χ0v) is 19.3. The second-order valence-electron chi connectivity index (χ2n) is 7.59. The molecule has 0 saturated carbocycles. The highest BCUT2D eigenvalue weighted by molar-refractivity contribution is 6.36. The Balaban J connectivity index is 1.79. The number of nitrogens with zero attached hydrogens (tertiary/aromatic N) is 2. The van der Waals surface area contributed by atoms with Gasteiger partial charge in [-0.25, -0.2) is 4.98 Å². The summed E-state index contributed by atoms with van der Waals surface area (Å²) in [6.45, 7) is 6.82. The van der Waals surface area contributed by atoms with Gasteiger partial charge in [-0.3, -0.25) is 9.36 Å². The number of aromatic nitrogens is 2. The van der Waals surface area contributed by atoms with E-state index in [2.05, 4.69) is 17.4 Å². The molecule has 1 aromatic heterocycles. The molecule has 31 heavy (non-hydrogen) atoms. The summed E-state index contributed by atoms with van der Waals surface area (Å²) in [6, 6.07) is 13.4. The van der Waals surface area contributed by atoms with Crippen molar-refractivity contribution in [1.29, 1.82) is 0 Å². The van der Waals surface area contributed by atoms with Crippen LogP contribution in [0, 0.1) is 6.92 Å². The van der Waals surface area contributed by atoms with Crippen molar-refractivity contribution in [2.24, 2.45) is 0 Å². The Kier molecular flexibility index (Phi) is 6.37. The fourth-order valence-corrected chi connectivity index (χ4v) is 4.74. The largest absolute Gasteiger partial charge is 0.376 e. The number of aryl methyl sites for hydroxylation is 1. The summed E-state index contributed by atoms with van der Waals surface area (Å²) in [7, 11) is 0. The van der Waals surface area contributed by atoms with Gasteiger partial charge >= 0.3 is 0 Å². The van der Waals surface area contributed by atoms with Crippen molar-refractivity contribution in [3.05, 3.63) is 79.7 Å². The number of ether oxygens (including phenoxy) is 1. The van der Waals surface area contributed by atoms with Gasteiger partial charge < -0.3 is 10.1 Å². The summed E-state index contributed by atoms with van der Waals surface area (Å²) in [5.41, 5.74) is 4.06. The van der Waals surface area contributed by atoms with Crippen LogP contribution in [0.5, 0.6) is 0 Å². The molecule has 0 radical (unpaired) electrons. The van der Waals surface area contributed by atoms with Crippen LogP contribution < -0.4 is 10.9 Å². The molecule has 2 atom stereocenters. The van der Waals surface area contributed by atoms with Crippen molar-refractivity contribution in [3.63, 3.8) is 0 Å². The van der Waals surface area contributed by atoms with E-state index in [0.717, 1.165) is 12.0 Å². The molecule has 4 rings (SSSR count). The number of halogens is 2. The molecule has 0 spiro atoms. The Morgan fingerprint density at radius 3 is 2.68 bits per heavy atom. The smallest absolute Gasteiger partial charge is 0.277 e. The lowest BCUT2D eigenvalue weighted by molar-refractivity contribution is 0.0574. The molecule has 1 aliphatic carbocycles. The van der Waals surface area contributed by atoms with E-state index in [9.17, 15) is 4.79 Å². The van der Waals surface area contributed by atoms with Crippen LogP contribution in [0.25, 0.3) is 11.4 Å². The third-order valence-electron chi connectivity index (χ3n) is 5.70. The first-order chi connectivity index (χ1) is 14.9. The summed E-state index contributed by atoms with van der Waals surface area (Å²) >= 11 is 12.5. The first-order valence-electron chi connectivity index (χ1n) is 10.5. The zero-order valence-electron chi connectivity index (χ0n) is 17.8. The number of hydrogen-bond donors (Lipinski definition) is 1. The van der Waals surface area contributed by atoms with Gasteiger partial charge in [-0.05, 0) is 50.1 Å². The maximum absolute atomic E-state index is 13.5. The molecule has 3 aromatic rings. The average molecular weight is 458 g/mol. The molecule has 2 aromatic carbocycles. The van der Waals surface area contributed by atoms with Gasteiger partial charge in [0.25, 0.3) is 5.56 Å². The average Bonchev–Trinajstić information content (AvgIpc) is 3.08. The van der Waals surface area contributed by atoms with Gasteiger partial charge in [0.15, 0.2) is 0 Å². The Bertz CT molecular complexity index is 1180. The molecule has 1 aliphatic rings. The predicted octanol–water partition coefficient (Wildman–Crippen LogP) is 5.66. The maximum atomic E-state index is 13.5. The van der Waals surface area contributed by atoms with E-state index in [0.29, 0.717) is 46.0 Å². The standard InChI is InChI=1S/C24H25Cl2N3O2/c1-4-29-23(18-11-10-16(25)13-19(18)26)27-14(3)21(24(29)30)28-22-17-9-7-6-8-15(17)12-20(22)31-5-2/h6-11,13,20,22,28H,4-5,12H2,1-3H3/t20-,22?/m0/s1. The minimum atomic E-state index is -0.129. The van der Waals surface area contributed by atoms with E-state index < -0.39 is 0 Å². The van der Waals surface area contributed by atoms with Gasteiger partial charge in [-0.1, -0.05) is 47.5 Å². The van der Waals surface area contributed by atoms with Crippen LogP contribution in [0.1, 0.15) is 36.7 Å². The number of rotatable bonds is 6. The molecule has 0 aliphatic heterocycles. The highest BCUT2D eigenvalue weighted by Crippen LogP contribution is 2.36. The van der Waals surface area contributed by atoms with Gasteiger partial charge in [0, 0.05) is 30.2 Å². The van der Waals surface area contributed by atoms with E-state index in [1.54, 1.807) is 22.8 Å². The summed E-state index contributed by atoms with van der Waals surface area (Å²) in [5, 5.41) is 4.47. The van der Waals surface area contributed by atoms with Crippen molar-refractivity contribution < 1.29 is 4.74 Å². The first-order valence-corrected chi connectivity index (χ1v) is 11.2. The number of nitrogens with one attached hydrogen (secondary N) is 1. The zero-order chi connectivity index (χ0) is 22.1. The molecule has 7 heteroatoms. The quantitative estimate of drug-likeness (QED) is 0.518. The Hall–Kier alpha value is -2.34. The summed E-state index contributed by atoms with van der Waals surface area (Å²) in [5.74, 6) is 0.533. The highest BCUT2D eigenvalue weighted by Gasteiger charge is 2.34. The van der Waals surface area contributed by atoms with E-state index in [1.165, 1.54) is 5.56 Å². The lowest BCUT2D eigenvalue weighted by Crippen LogP contribution is -2.31. The second kappa shape index (κ2) is 9.03. The Labute approximate surface area is 192 Å². The molecule has 1 unspecified atom stereocenters. The monoisotopic (exact) mass is 457 g/mol. The van der Waals surface area contributed by atoms with E-state index in [4.69, 9.17) is 32.9 Å². The van der Waals surface area contributed by atoms with E-state index >= 15 is 0 Å². The van der Waals surface area contributed by atoms with Crippen LogP contribution in [-0.4, -0.2) is 22.3 Å². The van der Waals surface area contributed by atoms with Crippen LogP contribution in [0.15, 0.2) is 47.3 Å². The van der Waals surface area contributed by atoms with Crippen LogP contribution in [-0.2, 0) is 17.7 Å². The molecular formula is C24H25Cl2N3O2. The fraction of sp³-hybridized carbons (Fsp3) is 0.333. The number of fused-ring (bicyclic) bond motifs is 1. The van der Waals surface area contributed by atoms with Crippen molar-refractivity contribution >= 4 is 28.9 Å². The molecule has 1 N–H and O–H groups in total. The molecule has 0 amide bonds. The maximum Gasteiger partial charge on any atom is 0.277 e. The van der Waals surface area contributed by atoms with Crippen LogP contribution in [0.4, 0.5) is 5.69 Å². The molecular weight excluding hydrogens is 433 g/mol. The topological polar surface area (TPSA) is 56.1 Å². The predicted molar refractivity (Wildman–Crippen MR) is 126 cm³/mol. The van der Waals surface area contributed by atoms with Gasteiger partial charge in [0.2, 0.25) is 0 Å². The van der Waals surface area contributed by atoms with Gasteiger partial charge in [-0.15, -0.1) is 0 Å². The number of hydrogen-bond acceptors (Lipinski definition) is 4. The first kappa shape index (κ1) is 21.9. The van der Waals surface area contributed by atoms with Crippen LogP contribution >= 0.6 is 23.2 Å². The van der Waals surface area contributed by atoms with Crippen molar-refractivity contribution in [3.8, 4) is 11.4 Å². The Morgan fingerprint density at radius 1 is 1.19 bits per heavy atom. The molecule has 5 nitrogen and oxygen atoms in total. The minimum absolute atomic E-state index is 0.0401. The van der Waals surface area contributed by atoms with Gasteiger partial charge in [-0.2, -0.15) is 0 Å². The third-order valence-corrected chi connectivity index (χ3v) is 6.25. The molecule has 1 heterocycles. The van der Waals surface area contributed by atoms with Crippen molar-refractivity contribution in [2.45, 2.75) is 45.9 Å². The van der Waals surface area contributed by atoms with Crippen molar-refractivity contribution in [1.82, 2.24) is 9.55 Å². The summed E-state index contributed by atoms with van der Waals surface area (Å²) < 4.78 is 7.64. The lowest BCUT2D eigenvalue weighted by Gasteiger charge is -2.24. The number of benzene rings is 2. The molecule has 0 bridgehead atoms. The number of anilines is 1. The van der Waals surface area contributed by atoms with Gasteiger partial charge in [0.05, 0.1) is 22.9 Å². The van der Waals surface area contributed by atoms with E-state index in [-0.39, 0.29) is 17.7 Å². The minimum Gasteiger partial charge on any atom is -0.376 e.